The minimum atomic E-state index is -0.788. The fourth-order valence-corrected chi connectivity index (χ4v) is 8.11. The predicted molar refractivity (Wildman–Crippen MR) is 293 cm³/mol. The van der Waals surface area contributed by atoms with Crippen LogP contribution in [0.25, 0.3) is 0 Å². The third kappa shape index (κ3) is 53.8. The number of unbranched alkanes of at least 4 members (excludes halogenated alkanes) is 29. The van der Waals surface area contributed by atoms with E-state index in [-0.39, 0.29) is 31.1 Å². The zero-order valence-corrected chi connectivity index (χ0v) is 44.9. The molecular weight excluding hydrogens is 841 g/mol. The van der Waals surface area contributed by atoms with Gasteiger partial charge in [-0.3, -0.25) is 14.4 Å². The molecule has 0 aliphatic heterocycles. The van der Waals surface area contributed by atoms with Crippen LogP contribution in [0.15, 0.2) is 72.9 Å². The number of ether oxygens (including phenoxy) is 3. The van der Waals surface area contributed by atoms with E-state index >= 15 is 0 Å². The van der Waals surface area contributed by atoms with Gasteiger partial charge in [0.25, 0.3) is 0 Å². The van der Waals surface area contributed by atoms with Gasteiger partial charge in [0.05, 0.1) is 0 Å². The number of carbonyl (C=O) groups is 3. The molecule has 0 aliphatic carbocycles. The Balaban J connectivity index is 4.40. The lowest BCUT2D eigenvalue weighted by molar-refractivity contribution is -0.167. The summed E-state index contributed by atoms with van der Waals surface area (Å²) in [5, 5.41) is 0. The molecule has 0 unspecified atom stereocenters. The number of allylic oxidation sites excluding steroid dienone is 12. The smallest absolute Gasteiger partial charge is 0.306 e. The number of hydrogen-bond donors (Lipinski definition) is 0. The van der Waals surface area contributed by atoms with Gasteiger partial charge in [-0.05, 0) is 89.9 Å². The Morgan fingerprint density at radius 1 is 0.309 bits per heavy atom. The van der Waals surface area contributed by atoms with E-state index in [1.54, 1.807) is 0 Å². The predicted octanol–water partition coefficient (Wildman–Crippen LogP) is 19.4. The SMILES string of the molecule is CC/C=C\C/C=C\C/C=C\C/C=C\C/C=C\CCCCCC(=O)OC[C@H](COC(=O)CCCCCCCCCCCCCC)OC(=O)CCCCCCCCCCC/C=C\CCCCCCCC. The van der Waals surface area contributed by atoms with Gasteiger partial charge < -0.3 is 14.2 Å². The first kappa shape index (κ1) is 64.8. The second-order valence-electron chi connectivity index (χ2n) is 19.2. The van der Waals surface area contributed by atoms with E-state index in [0.29, 0.717) is 19.3 Å². The average Bonchev–Trinajstić information content (AvgIpc) is 3.34. The van der Waals surface area contributed by atoms with Crippen LogP contribution in [-0.4, -0.2) is 37.2 Å². The third-order valence-corrected chi connectivity index (χ3v) is 12.4. The van der Waals surface area contributed by atoms with Crippen molar-refractivity contribution in [1.82, 2.24) is 0 Å². The summed E-state index contributed by atoms with van der Waals surface area (Å²) in [6, 6.07) is 0. The van der Waals surface area contributed by atoms with E-state index in [9.17, 15) is 14.4 Å². The van der Waals surface area contributed by atoms with E-state index in [1.807, 2.05) is 0 Å². The zero-order chi connectivity index (χ0) is 49.3. The van der Waals surface area contributed by atoms with E-state index in [1.165, 1.54) is 148 Å². The first-order valence-corrected chi connectivity index (χ1v) is 28.9. The van der Waals surface area contributed by atoms with Crippen molar-refractivity contribution in [3.05, 3.63) is 72.9 Å². The second kappa shape index (κ2) is 56.4. The Labute approximate surface area is 421 Å². The molecule has 6 nitrogen and oxygen atoms in total. The van der Waals surface area contributed by atoms with Crippen LogP contribution in [0.1, 0.15) is 284 Å². The molecule has 0 bridgehead atoms. The van der Waals surface area contributed by atoms with Gasteiger partial charge in [-0.1, -0.05) is 248 Å². The molecule has 0 aromatic carbocycles. The van der Waals surface area contributed by atoms with Crippen LogP contribution in [0.3, 0.4) is 0 Å². The molecule has 0 rings (SSSR count). The van der Waals surface area contributed by atoms with Crippen LogP contribution in [0.2, 0.25) is 0 Å². The molecule has 0 saturated heterocycles. The van der Waals surface area contributed by atoms with Gasteiger partial charge in [0, 0.05) is 19.3 Å². The quantitative estimate of drug-likeness (QED) is 0.0262. The van der Waals surface area contributed by atoms with E-state index < -0.39 is 6.10 Å². The van der Waals surface area contributed by atoms with Gasteiger partial charge in [0.2, 0.25) is 0 Å². The van der Waals surface area contributed by atoms with Crippen LogP contribution in [0.5, 0.6) is 0 Å². The number of hydrogen-bond acceptors (Lipinski definition) is 6. The molecule has 0 N–H and O–H groups in total. The van der Waals surface area contributed by atoms with E-state index in [0.717, 1.165) is 96.3 Å². The van der Waals surface area contributed by atoms with Crippen LogP contribution in [0, 0.1) is 0 Å². The van der Waals surface area contributed by atoms with Gasteiger partial charge in [-0.25, -0.2) is 0 Å². The Morgan fingerprint density at radius 3 is 0.926 bits per heavy atom. The van der Waals surface area contributed by atoms with E-state index in [2.05, 4.69) is 93.7 Å². The van der Waals surface area contributed by atoms with Crippen LogP contribution in [0.4, 0.5) is 0 Å². The van der Waals surface area contributed by atoms with Crippen molar-refractivity contribution in [3.63, 3.8) is 0 Å². The monoisotopic (exact) mass is 949 g/mol. The highest BCUT2D eigenvalue weighted by Gasteiger charge is 2.19. The minimum Gasteiger partial charge on any atom is -0.462 e. The molecule has 0 heterocycles. The molecule has 0 aromatic rings. The van der Waals surface area contributed by atoms with Crippen LogP contribution in [-0.2, 0) is 28.6 Å². The molecule has 0 fully saturated rings. The molecular formula is C62H108O6. The Kier molecular flexibility index (Phi) is 53.8. The topological polar surface area (TPSA) is 78.9 Å². The maximum absolute atomic E-state index is 12.9. The fraction of sp³-hybridized carbons (Fsp3) is 0.758. The van der Waals surface area contributed by atoms with Gasteiger partial charge in [-0.2, -0.15) is 0 Å². The lowest BCUT2D eigenvalue weighted by Gasteiger charge is -2.18. The van der Waals surface area contributed by atoms with Crippen molar-refractivity contribution in [2.45, 2.75) is 290 Å². The Bertz CT molecular complexity index is 1270. The summed E-state index contributed by atoms with van der Waals surface area (Å²) in [7, 11) is 0. The second-order valence-corrected chi connectivity index (χ2v) is 19.2. The van der Waals surface area contributed by atoms with Crippen LogP contribution < -0.4 is 0 Å². The molecule has 0 spiro atoms. The van der Waals surface area contributed by atoms with Crippen molar-refractivity contribution in [2.24, 2.45) is 0 Å². The summed E-state index contributed by atoms with van der Waals surface area (Å²) in [6.07, 6.45) is 71.8. The molecule has 68 heavy (non-hydrogen) atoms. The first-order chi connectivity index (χ1) is 33.5. The molecule has 0 amide bonds. The summed E-state index contributed by atoms with van der Waals surface area (Å²) in [5.41, 5.74) is 0. The summed E-state index contributed by atoms with van der Waals surface area (Å²) >= 11 is 0. The number of rotatable bonds is 52. The molecule has 0 aliphatic rings. The Hall–Kier alpha value is -3.15. The van der Waals surface area contributed by atoms with Crippen molar-refractivity contribution in [1.29, 1.82) is 0 Å². The normalized spacial score (nSPS) is 12.6. The van der Waals surface area contributed by atoms with Crippen molar-refractivity contribution >= 4 is 17.9 Å². The summed E-state index contributed by atoms with van der Waals surface area (Å²) < 4.78 is 16.8. The molecule has 392 valence electrons. The van der Waals surface area contributed by atoms with Gasteiger partial charge >= 0.3 is 17.9 Å². The van der Waals surface area contributed by atoms with Crippen molar-refractivity contribution < 1.29 is 28.6 Å². The van der Waals surface area contributed by atoms with Crippen molar-refractivity contribution in [3.8, 4) is 0 Å². The largest absolute Gasteiger partial charge is 0.462 e. The first-order valence-electron chi connectivity index (χ1n) is 28.9. The third-order valence-electron chi connectivity index (χ3n) is 12.4. The molecule has 1 atom stereocenters. The summed E-state index contributed by atoms with van der Waals surface area (Å²) in [6.45, 7) is 6.51. The van der Waals surface area contributed by atoms with Gasteiger partial charge in [-0.15, -0.1) is 0 Å². The average molecular weight is 950 g/mol. The molecule has 0 saturated carbocycles. The summed E-state index contributed by atoms with van der Waals surface area (Å²) in [4.78, 5) is 38.1. The zero-order valence-electron chi connectivity index (χ0n) is 44.9. The van der Waals surface area contributed by atoms with Crippen molar-refractivity contribution in [2.75, 3.05) is 13.2 Å². The maximum atomic E-state index is 12.9. The standard InChI is InChI=1S/C62H108O6/c1-4-7-10-13-16-19-22-25-27-29-31-33-35-37-40-43-46-49-52-55-61(64)67-58-59(57-66-60(63)54-51-48-45-42-39-24-21-18-15-12-9-6-3)68-62(65)56-53-50-47-44-41-38-36-34-32-30-28-26-23-20-17-14-11-8-5-2/h7,10,16,19,25-28,31,33,37,40,59H,4-6,8-9,11-15,17-18,20-24,29-30,32,34-36,38-39,41-58H2,1-3H3/b10-7-,19-16-,27-25-,28-26-,33-31-,40-37-/t59-/m0/s1. The van der Waals surface area contributed by atoms with Gasteiger partial charge in [0.1, 0.15) is 13.2 Å². The van der Waals surface area contributed by atoms with E-state index in [4.69, 9.17) is 14.2 Å². The van der Waals surface area contributed by atoms with Crippen LogP contribution >= 0.6 is 0 Å². The summed E-state index contributed by atoms with van der Waals surface area (Å²) in [5.74, 6) is -0.911. The minimum absolute atomic E-state index is 0.0845. The highest BCUT2D eigenvalue weighted by Crippen LogP contribution is 2.16. The lowest BCUT2D eigenvalue weighted by atomic mass is 10.0. The maximum Gasteiger partial charge on any atom is 0.306 e. The molecule has 6 heteroatoms. The lowest BCUT2D eigenvalue weighted by Crippen LogP contribution is -2.30. The highest BCUT2D eigenvalue weighted by molar-refractivity contribution is 5.71. The highest BCUT2D eigenvalue weighted by atomic mass is 16.6. The fourth-order valence-electron chi connectivity index (χ4n) is 8.11. The van der Waals surface area contributed by atoms with Gasteiger partial charge in [0.15, 0.2) is 6.10 Å². The number of esters is 3. The molecule has 0 radical (unpaired) electrons. The molecule has 0 aromatic heterocycles. The number of carbonyl (C=O) groups excluding carboxylic acids is 3. The Morgan fingerprint density at radius 2 is 0.574 bits per heavy atom.